The Kier molecular flexibility index (Phi) is 3.83. The number of fused-ring (bicyclic) bond motifs is 1. The van der Waals surface area contributed by atoms with Gasteiger partial charge < -0.3 is 5.73 Å². The molecular weight excluding hydrogens is 312 g/mol. The minimum atomic E-state index is -0.655. The van der Waals surface area contributed by atoms with Gasteiger partial charge in [-0.15, -0.1) is 0 Å². The van der Waals surface area contributed by atoms with Crippen LogP contribution in [0.5, 0.6) is 0 Å². The highest BCUT2D eigenvalue weighted by atomic mass is 19.1. The van der Waals surface area contributed by atoms with Gasteiger partial charge in [-0.3, -0.25) is 4.79 Å². The molecule has 3 rings (SSSR count). The molecule has 3 aromatic rings. The number of nitrogens with zero attached hydrogens (tertiary/aromatic N) is 2. The fourth-order valence-corrected chi connectivity index (χ4v) is 3.05. The van der Waals surface area contributed by atoms with Crippen LogP contribution >= 0.6 is 0 Å². The fraction of sp³-hybridized carbons (Fsp3) is 0.222. The molecule has 0 fully saturated rings. The third-order valence-corrected chi connectivity index (χ3v) is 4.03. The van der Waals surface area contributed by atoms with Gasteiger partial charge in [-0.1, -0.05) is 19.9 Å². The molecule has 0 radical (unpaired) electrons. The maximum absolute atomic E-state index is 14.2. The van der Waals surface area contributed by atoms with Crippen LogP contribution in [0.3, 0.4) is 0 Å². The average Bonchev–Trinajstić information content (AvgIpc) is 2.82. The normalized spacial score (nSPS) is 11.4. The SMILES string of the molecule is Cc1nn2c(C(C)C)c(C(N)=O)ccc2c1-c1c(F)cccc1F. The lowest BCUT2D eigenvalue weighted by molar-refractivity contribution is 0.0998. The minimum Gasteiger partial charge on any atom is -0.366 e. The molecule has 24 heavy (non-hydrogen) atoms. The molecule has 0 saturated carbocycles. The van der Waals surface area contributed by atoms with E-state index >= 15 is 0 Å². The van der Waals surface area contributed by atoms with Crippen molar-refractivity contribution in [1.29, 1.82) is 0 Å². The number of carbonyl (C=O) groups excluding carboxylic acids is 1. The van der Waals surface area contributed by atoms with Crippen molar-refractivity contribution in [3.63, 3.8) is 0 Å². The number of benzene rings is 1. The first kappa shape index (κ1) is 16.1. The maximum atomic E-state index is 14.2. The second-order valence-corrected chi connectivity index (χ2v) is 6.01. The summed E-state index contributed by atoms with van der Waals surface area (Å²) in [5.74, 6) is -1.92. The summed E-state index contributed by atoms with van der Waals surface area (Å²) in [6, 6.07) is 6.94. The van der Waals surface area contributed by atoms with Gasteiger partial charge in [-0.2, -0.15) is 5.10 Å². The number of hydrogen-bond acceptors (Lipinski definition) is 2. The zero-order valence-corrected chi connectivity index (χ0v) is 13.6. The van der Waals surface area contributed by atoms with E-state index in [0.29, 0.717) is 28.0 Å². The number of aryl methyl sites for hydroxylation is 1. The third-order valence-electron chi connectivity index (χ3n) is 4.03. The van der Waals surface area contributed by atoms with E-state index in [4.69, 9.17) is 5.73 Å². The van der Waals surface area contributed by atoms with E-state index in [0.717, 1.165) is 0 Å². The summed E-state index contributed by atoms with van der Waals surface area (Å²) in [4.78, 5) is 11.7. The number of rotatable bonds is 3. The second-order valence-electron chi connectivity index (χ2n) is 6.01. The van der Waals surface area contributed by atoms with Gasteiger partial charge in [0.1, 0.15) is 11.6 Å². The summed E-state index contributed by atoms with van der Waals surface area (Å²) in [6.45, 7) is 5.49. The quantitative estimate of drug-likeness (QED) is 0.794. The van der Waals surface area contributed by atoms with Gasteiger partial charge in [-0.05, 0) is 37.1 Å². The number of hydrogen-bond donors (Lipinski definition) is 1. The Labute approximate surface area is 137 Å². The first-order valence-corrected chi connectivity index (χ1v) is 7.59. The van der Waals surface area contributed by atoms with Crippen LogP contribution in [0, 0.1) is 18.6 Å². The van der Waals surface area contributed by atoms with E-state index in [-0.39, 0.29) is 11.5 Å². The summed E-state index contributed by atoms with van der Waals surface area (Å²) in [5, 5.41) is 4.41. The summed E-state index contributed by atoms with van der Waals surface area (Å²) in [5.41, 5.74) is 7.68. The Hall–Kier alpha value is -2.76. The monoisotopic (exact) mass is 329 g/mol. The van der Waals surface area contributed by atoms with Crippen molar-refractivity contribution in [3.05, 3.63) is 58.9 Å². The third kappa shape index (κ3) is 2.35. The molecule has 124 valence electrons. The molecule has 1 amide bonds. The van der Waals surface area contributed by atoms with Crippen LogP contribution in [0.1, 0.15) is 41.5 Å². The van der Waals surface area contributed by atoms with Crippen molar-refractivity contribution in [2.75, 3.05) is 0 Å². The molecule has 4 nitrogen and oxygen atoms in total. The second kappa shape index (κ2) is 5.70. The maximum Gasteiger partial charge on any atom is 0.250 e. The first-order chi connectivity index (χ1) is 11.3. The number of carbonyl (C=O) groups is 1. The highest BCUT2D eigenvalue weighted by Crippen LogP contribution is 2.34. The molecule has 0 spiro atoms. The molecule has 6 heteroatoms. The van der Waals surface area contributed by atoms with Crippen molar-refractivity contribution in [1.82, 2.24) is 9.61 Å². The Morgan fingerprint density at radius 2 is 1.75 bits per heavy atom. The largest absolute Gasteiger partial charge is 0.366 e. The van der Waals surface area contributed by atoms with Gasteiger partial charge in [0.15, 0.2) is 0 Å². The molecule has 2 heterocycles. The van der Waals surface area contributed by atoms with Crippen LogP contribution in [0.2, 0.25) is 0 Å². The molecule has 1 aromatic carbocycles. The number of pyridine rings is 1. The summed E-state index contributed by atoms with van der Waals surface area (Å²) < 4.78 is 30.0. The van der Waals surface area contributed by atoms with Crippen LogP contribution < -0.4 is 5.73 Å². The predicted molar refractivity (Wildman–Crippen MR) is 87.9 cm³/mol. The van der Waals surface area contributed by atoms with Gasteiger partial charge in [0.25, 0.3) is 5.91 Å². The molecule has 2 N–H and O–H groups in total. The molecule has 0 unspecified atom stereocenters. The van der Waals surface area contributed by atoms with Gasteiger partial charge in [0.2, 0.25) is 0 Å². The van der Waals surface area contributed by atoms with Crippen molar-refractivity contribution in [2.45, 2.75) is 26.7 Å². The topological polar surface area (TPSA) is 60.4 Å². The lowest BCUT2D eigenvalue weighted by Crippen LogP contribution is -2.17. The number of nitrogens with two attached hydrogens (primary N) is 1. The Balaban J connectivity index is 2.43. The summed E-state index contributed by atoms with van der Waals surface area (Å²) >= 11 is 0. The lowest BCUT2D eigenvalue weighted by atomic mass is 10.00. The molecule has 0 saturated heterocycles. The molecular formula is C18H17F2N3O. The molecule has 0 atom stereocenters. The van der Waals surface area contributed by atoms with E-state index in [9.17, 15) is 13.6 Å². The molecule has 0 aliphatic rings. The Morgan fingerprint density at radius 3 is 2.29 bits per heavy atom. The lowest BCUT2D eigenvalue weighted by Gasteiger charge is -2.13. The number of primary amides is 1. The summed E-state index contributed by atoms with van der Waals surface area (Å²) in [7, 11) is 0. The van der Waals surface area contributed by atoms with Gasteiger partial charge in [-0.25, -0.2) is 13.3 Å². The first-order valence-electron chi connectivity index (χ1n) is 7.59. The highest BCUT2D eigenvalue weighted by molar-refractivity contribution is 5.95. The number of amides is 1. The van der Waals surface area contributed by atoms with Crippen molar-refractivity contribution in [3.8, 4) is 11.1 Å². The van der Waals surface area contributed by atoms with Gasteiger partial charge in [0, 0.05) is 5.56 Å². The van der Waals surface area contributed by atoms with Gasteiger partial charge in [0.05, 0.1) is 28.0 Å². The van der Waals surface area contributed by atoms with Crippen LogP contribution in [0.4, 0.5) is 8.78 Å². The van der Waals surface area contributed by atoms with Crippen LogP contribution in [0.25, 0.3) is 16.6 Å². The predicted octanol–water partition coefficient (Wildman–Crippen LogP) is 3.81. The average molecular weight is 329 g/mol. The van der Waals surface area contributed by atoms with E-state index in [1.807, 2.05) is 13.8 Å². The van der Waals surface area contributed by atoms with Gasteiger partial charge >= 0.3 is 0 Å². The van der Waals surface area contributed by atoms with Crippen LogP contribution in [0.15, 0.2) is 30.3 Å². The minimum absolute atomic E-state index is 0.0474. The summed E-state index contributed by atoms with van der Waals surface area (Å²) in [6.07, 6.45) is 0. The Morgan fingerprint density at radius 1 is 1.12 bits per heavy atom. The molecule has 0 aliphatic carbocycles. The number of aromatic nitrogens is 2. The van der Waals surface area contributed by atoms with E-state index < -0.39 is 17.5 Å². The van der Waals surface area contributed by atoms with E-state index in [1.165, 1.54) is 18.2 Å². The fourth-order valence-electron chi connectivity index (χ4n) is 3.05. The van der Waals surface area contributed by atoms with E-state index in [2.05, 4.69) is 5.10 Å². The molecule has 2 aromatic heterocycles. The standard InChI is InChI=1S/C18H17F2N3O/c1-9(2)17-11(18(21)24)7-8-14-15(10(3)22-23(14)17)16-12(19)5-4-6-13(16)20/h4-9H,1-3H3,(H2,21,24). The molecule has 0 bridgehead atoms. The van der Waals surface area contributed by atoms with E-state index in [1.54, 1.807) is 23.6 Å². The zero-order valence-electron chi connectivity index (χ0n) is 13.6. The zero-order chi connectivity index (χ0) is 17.6. The van der Waals surface area contributed by atoms with Crippen molar-refractivity contribution in [2.24, 2.45) is 5.73 Å². The van der Waals surface area contributed by atoms with Crippen molar-refractivity contribution >= 4 is 11.4 Å². The van der Waals surface area contributed by atoms with Crippen LogP contribution in [-0.4, -0.2) is 15.5 Å². The molecule has 0 aliphatic heterocycles. The highest BCUT2D eigenvalue weighted by Gasteiger charge is 2.23. The van der Waals surface area contributed by atoms with Crippen molar-refractivity contribution < 1.29 is 13.6 Å². The smallest absolute Gasteiger partial charge is 0.250 e. The number of halogens is 2. The van der Waals surface area contributed by atoms with Crippen LogP contribution in [-0.2, 0) is 0 Å². The Bertz CT molecular complexity index is 940.